The fraction of sp³-hybridized carbons (Fsp3) is 0. The first-order valence-corrected chi connectivity index (χ1v) is 14.8. The lowest BCUT2D eigenvalue weighted by atomic mass is 9.85. The van der Waals surface area contributed by atoms with E-state index < -0.39 is 0 Å². The van der Waals surface area contributed by atoms with Gasteiger partial charge < -0.3 is 0 Å². The van der Waals surface area contributed by atoms with Gasteiger partial charge in [-0.15, -0.1) is 0 Å². The first-order chi connectivity index (χ1) is 21.8. The molecule has 0 aliphatic rings. The topological polar surface area (TPSA) is 38.7 Å². The van der Waals surface area contributed by atoms with Gasteiger partial charge in [-0.25, -0.2) is 9.97 Å². The summed E-state index contributed by atoms with van der Waals surface area (Å²) < 4.78 is 0. The SMILES string of the molecule is c1ccc(-c2cc(-c3cccnc3)nc(-c3cccc(-c4c5ccccc5c(-c5ccccc5)c5ccccc45)c3)n2)cc1. The Hall–Kier alpha value is -5.93. The summed E-state index contributed by atoms with van der Waals surface area (Å²) in [6, 6.07) is 53.1. The molecule has 2 heterocycles. The third-order valence-electron chi connectivity index (χ3n) is 8.16. The standard InChI is InChI=1S/C41H27N3/c1-3-13-28(14-4-1)37-26-38(32-19-12-24-42-27-32)44-41(43-37)31-18-11-17-30(25-31)40-35-22-9-7-20-33(35)39(29-15-5-2-6-16-29)34-21-8-10-23-36(34)40/h1-27H. The molecule has 0 bridgehead atoms. The zero-order valence-corrected chi connectivity index (χ0v) is 23.9. The van der Waals surface area contributed by atoms with Gasteiger partial charge in [-0.2, -0.15) is 0 Å². The summed E-state index contributed by atoms with van der Waals surface area (Å²) in [7, 11) is 0. The van der Waals surface area contributed by atoms with E-state index in [0.29, 0.717) is 5.82 Å². The van der Waals surface area contributed by atoms with Crippen molar-refractivity contribution < 1.29 is 0 Å². The van der Waals surface area contributed by atoms with Crippen LogP contribution in [0.25, 0.3) is 77.7 Å². The number of hydrogen-bond donors (Lipinski definition) is 0. The minimum absolute atomic E-state index is 0.682. The molecular formula is C41H27N3. The molecule has 0 saturated heterocycles. The molecule has 3 heteroatoms. The van der Waals surface area contributed by atoms with E-state index in [1.165, 1.54) is 38.2 Å². The van der Waals surface area contributed by atoms with Crippen LogP contribution < -0.4 is 0 Å². The number of fused-ring (bicyclic) bond motifs is 2. The van der Waals surface area contributed by atoms with Gasteiger partial charge in [-0.3, -0.25) is 4.98 Å². The fourth-order valence-electron chi connectivity index (χ4n) is 6.16. The highest BCUT2D eigenvalue weighted by atomic mass is 14.9. The number of hydrogen-bond acceptors (Lipinski definition) is 3. The van der Waals surface area contributed by atoms with Gasteiger partial charge in [-0.05, 0) is 68.1 Å². The maximum atomic E-state index is 5.08. The predicted molar refractivity (Wildman–Crippen MR) is 182 cm³/mol. The lowest BCUT2D eigenvalue weighted by molar-refractivity contribution is 1.18. The van der Waals surface area contributed by atoms with Crippen LogP contribution in [0.4, 0.5) is 0 Å². The molecule has 2 aromatic heterocycles. The van der Waals surface area contributed by atoms with Crippen LogP contribution in [-0.4, -0.2) is 15.0 Å². The van der Waals surface area contributed by atoms with Crippen LogP contribution in [0, 0.1) is 0 Å². The lowest BCUT2D eigenvalue weighted by Gasteiger charge is -2.18. The highest BCUT2D eigenvalue weighted by Gasteiger charge is 2.17. The van der Waals surface area contributed by atoms with Crippen LogP contribution in [0.3, 0.4) is 0 Å². The fourth-order valence-corrected chi connectivity index (χ4v) is 6.16. The molecule has 0 radical (unpaired) electrons. The smallest absolute Gasteiger partial charge is 0.160 e. The molecule has 0 saturated carbocycles. The van der Waals surface area contributed by atoms with Crippen molar-refractivity contribution in [3.05, 3.63) is 164 Å². The van der Waals surface area contributed by atoms with E-state index in [1.54, 1.807) is 6.20 Å². The Balaban J connectivity index is 1.36. The second kappa shape index (κ2) is 11.0. The van der Waals surface area contributed by atoms with Crippen molar-refractivity contribution in [1.82, 2.24) is 15.0 Å². The number of benzene rings is 6. The van der Waals surface area contributed by atoms with Gasteiger partial charge in [0.2, 0.25) is 0 Å². The number of pyridine rings is 1. The monoisotopic (exact) mass is 561 g/mol. The summed E-state index contributed by atoms with van der Waals surface area (Å²) in [6.07, 6.45) is 3.63. The summed E-state index contributed by atoms with van der Waals surface area (Å²) in [6.45, 7) is 0. The average Bonchev–Trinajstić information content (AvgIpc) is 3.11. The molecule has 0 aliphatic heterocycles. The molecule has 8 rings (SSSR count). The van der Waals surface area contributed by atoms with Crippen molar-refractivity contribution in [2.45, 2.75) is 0 Å². The van der Waals surface area contributed by atoms with E-state index in [9.17, 15) is 0 Å². The maximum absolute atomic E-state index is 5.08. The summed E-state index contributed by atoms with van der Waals surface area (Å²) in [5.41, 5.74) is 9.51. The van der Waals surface area contributed by atoms with E-state index >= 15 is 0 Å². The van der Waals surface area contributed by atoms with Crippen molar-refractivity contribution in [2.24, 2.45) is 0 Å². The Morgan fingerprint density at radius 3 is 1.41 bits per heavy atom. The molecule has 0 atom stereocenters. The maximum Gasteiger partial charge on any atom is 0.160 e. The molecule has 0 N–H and O–H groups in total. The Kier molecular flexibility index (Phi) is 6.47. The Morgan fingerprint density at radius 2 is 0.818 bits per heavy atom. The van der Waals surface area contributed by atoms with E-state index in [-0.39, 0.29) is 0 Å². The number of rotatable bonds is 5. The number of aromatic nitrogens is 3. The molecule has 0 unspecified atom stereocenters. The normalized spacial score (nSPS) is 11.2. The van der Waals surface area contributed by atoms with Crippen molar-refractivity contribution >= 4 is 21.5 Å². The summed E-state index contributed by atoms with van der Waals surface area (Å²) >= 11 is 0. The molecule has 206 valence electrons. The molecule has 0 aliphatic carbocycles. The van der Waals surface area contributed by atoms with E-state index in [2.05, 4.69) is 120 Å². The quantitative estimate of drug-likeness (QED) is 0.196. The van der Waals surface area contributed by atoms with Gasteiger partial charge in [-0.1, -0.05) is 127 Å². The third kappa shape index (κ3) is 4.61. The van der Waals surface area contributed by atoms with Gasteiger partial charge >= 0.3 is 0 Å². The minimum atomic E-state index is 0.682. The second-order valence-electron chi connectivity index (χ2n) is 10.9. The Labute approximate surface area is 256 Å². The van der Waals surface area contributed by atoms with Crippen molar-refractivity contribution in [1.29, 1.82) is 0 Å². The first-order valence-electron chi connectivity index (χ1n) is 14.8. The first kappa shape index (κ1) is 25.8. The minimum Gasteiger partial charge on any atom is -0.264 e. The molecule has 0 fully saturated rings. The molecule has 0 spiro atoms. The highest BCUT2D eigenvalue weighted by Crippen LogP contribution is 2.44. The van der Waals surface area contributed by atoms with Crippen molar-refractivity contribution in [3.8, 4) is 56.2 Å². The van der Waals surface area contributed by atoms with Gasteiger partial charge in [0.15, 0.2) is 5.82 Å². The largest absolute Gasteiger partial charge is 0.264 e. The second-order valence-corrected chi connectivity index (χ2v) is 10.9. The number of nitrogens with zero attached hydrogens (tertiary/aromatic N) is 3. The van der Waals surface area contributed by atoms with Crippen molar-refractivity contribution in [2.75, 3.05) is 0 Å². The van der Waals surface area contributed by atoms with Gasteiger partial charge in [0.25, 0.3) is 0 Å². The predicted octanol–water partition coefficient (Wildman–Crippen LogP) is 10.5. The molecule has 0 amide bonds. The van der Waals surface area contributed by atoms with Crippen LogP contribution in [0.2, 0.25) is 0 Å². The molecule has 6 aromatic carbocycles. The van der Waals surface area contributed by atoms with Gasteiger partial charge in [0.1, 0.15) is 0 Å². The van der Waals surface area contributed by atoms with Crippen molar-refractivity contribution in [3.63, 3.8) is 0 Å². The summed E-state index contributed by atoms with van der Waals surface area (Å²) in [5.74, 6) is 0.682. The molecule has 3 nitrogen and oxygen atoms in total. The summed E-state index contributed by atoms with van der Waals surface area (Å²) in [4.78, 5) is 14.5. The van der Waals surface area contributed by atoms with E-state index in [0.717, 1.165) is 33.6 Å². The van der Waals surface area contributed by atoms with E-state index in [4.69, 9.17) is 9.97 Å². The van der Waals surface area contributed by atoms with Crippen LogP contribution in [0.1, 0.15) is 0 Å². The Bertz CT molecular complexity index is 2150. The van der Waals surface area contributed by atoms with Crippen LogP contribution in [-0.2, 0) is 0 Å². The van der Waals surface area contributed by atoms with Crippen LogP contribution in [0.5, 0.6) is 0 Å². The Morgan fingerprint density at radius 1 is 0.341 bits per heavy atom. The van der Waals surface area contributed by atoms with Crippen LogP contribution in [0.15, 0.2) is 164 Å². The lowest BCUT2D eigenvalue weighted by Crippen LogP contribution is -1.96. The van der Waals surface area contributed by atoms with Gasteiger partial charge in [0.05, 0.1) is 11.4 Å². The molecule has 44 heavy (non-hydrogen) atoms. The summed E-state index contributed by atoms with van der Waals surface area (Å²) in [5, 5.41) is 4.91. The highest BCUT2D eigenvalue weighted by molar-refractivity contribution is 6.21. The zero-order valence-electron chi connectivity index (χ0n) is 23.9. The molecule has 8 aromatic rings. The third-order valence-corrected chi connectivity index (χ3v) is 8.16. The zero-order chi connectivity index (χ0) is 29.3. The van der Waals surface area contributed by atoms with Crippen LogP contribution >= 0.6 is 0 Å². The molecular weight excluding hydrogens is 534 g/mol. The van der Waals surface area contributed by atoms with E-state index in [1.807, 2.05) is 42.6 Å². The van der Waals surface area contributed by atoms with Gasteiger partial charge in [0, 0.05) is 29.1 Å². The average molecular weight is 562 g/mol.